The van der Waals surface area contributed by atoms with Gasteiger partial charge in [-0.15, -0.1) is 0 Å². The van der Waals surface area contributed by atoms with Gasteiger partial charge in [-0.05, 0) is 38.0 Å². The topological polar surface area (TPSA) is 61.1 Å². The molecule has 0 unspecified atom stereocenters. The van der Waals surface area contributed by atoms with Gasteiger partial charge in [-0.1, -0.05) is 37.1 Å². The zero-order chi connectivity index (χ0) is 17.1. The van der Waals surface area contributed by atoms with Crippen LogP contribution in [-0.2, 0) is 10.1 Å². The number of allylic oxidation sites excluding steroid dienone is 1. The molecule has 0 aliphatic rings. The summed E-state index contributed by atoms with van der Waals surface area (Å²) >= 11 is 0. The van der Waals surface area contributed by atoms with Crippen molar-refractivity contribution >= 4 is 16.3 Å². The van der Waals surface area contributed by atoms with E-state index in [9.17, 15) is 13.0 Å². The van der Waals surface area contributed by atoms with Crippen molar-refractivity contribution in [2.75, 3.05) is 0 Å². The SMILES string of the molecule is CCCCC=C[n+]1ccccc1.Cc1ccc(S(=O)(=O)[O-])cc1. The van der Waals surface area contributed by atoms with E-state index in [0.29, 0.717) is 0 Å². The minimum absolute atomic E-state index is 0.178. The number of unbranched alkanes of at least 4 members (excludes halogenated alkanes) is 2. The maximum absolute atomic E-state index is 10.4. The van der Waals surface area contributed by atoms with E-state index in [0.717, 1.165) is 5.56 Å². The first-order valence-electron chi connectivity index (χ1n) is 7.58. The lowest BCUT2D eigenvalue weighted by molar-refractivity contribution is -0.568. The number of nitrogens with zero attached hydrogens (tertiary/aromatic N) is 1. The molecule has 0 radical (unpaired) electrons. The Balaban J connectivity index is 0.000000231. The van der Waals surface area contributed by atoms with Crippen molar-refractivity contribution in [2.24, 2.45) is 0 Å². The van der Waals surface area contributed by atoms with Crippen molar-refractivity contribution in [3.63, 3.8) is 0 Å². The monoisotopic (exact) mass is 333 g/mol. The first-order valence-corrected chi connectivity index (χ1v) is 8.99. The molecule has 0 atom stereocenters. The first-order chi connectivity index (χ1) is 10.9. The summed E-state index contributed by atoms with van der Waals surface area (Å²) in [5.74, 6) is 0. The highest BCUT2D eigenvalue weighted by Crippen LogP contribution is 2.08. The van der Waals surface area contributed by atoms with E-state index in [2.05, 4.69) is 23.8 Å². The average Bonchev–Trinajstić information content (AvgIpc) is 2.53. The average molecular weight is 333 g/mol. The number of aryl methyl sites for hydroxylation is 1. The lowest BCUT2D eigenvalue weighted by atomic mass is 10.2. The summed E-state index contributed by atoms with van der Waals surface area (Å²) < 4.78 is 33.2. The van der Waals surface area contributed by atoms with E-state index < -0.39 is 10.1 Å². The van der Waals surface area contributed by atoms with Gasteiger partial charge in [0.15, 0.2) is 18.6 Å². The van der Waals surface area contributed by atoms with E-state index >= 15 is 0 Å². The molecule has 23 heavy (non-hydrogen) atoms. The summed E-state index contributed by atoms with van der Waals surface area (Å²) in [6, 6.07) is 11.9. The Bertz CT molecular complexity index is 693. The molecule has 2 rings (SSSR count). The molecule has 124 valence electrons. The first kappa shape index (κ1) is 19.1. The van der Waals surface area contributed by atoms with E-state index in [1.807, 2.05) is 37.5 Å². The fraction of sp³-hybridized carbons (Fsp3) is 0.278. The largest absolute Gasteiger partial charge is 0.744 e. The second-order valence-electron chi connectivity index (χ2n) is 5.12. The number of rotatable bonds is 5. The van der Waals surface area contributed by atoms with Crippen LogP contribution in [0, 0.1) is 6.92 Å². The number of hydrogen-bond donors (Lipinski definition) is 0. The minimum atomic E-state index is -4.27. The fourth-order valence-corrected chi connectivity index (χ4v) is 2.20. The van der Waals surface area contributed by atoms with Gasteiger partial charge in [-0.2, -0.15) is 4.57 Å². The van der Waals surface area contributed by atoms with Gasteiger partial charge in [0.25, 0.3) is 0 Å². The maximum Gasteiger partial charge on any atom is 0.174 e. The molecule has 0 fully saturated rings. The van der Waals surface area contributed by atoms with Crippen molar-refractivity contribution in [3.05, 3.63) is 66.5 Å². The maximum atomic E-state index is 10.4. The zero-order valence-corrected chi connectivity index (χ0v) is 14.4. The van der Waals surface area contributed by atoms with Crippen LogP contribution in [0.3, 0.4) is 0 Å². The molecule has 1 aromatic carbocycles. The van der Waals surface area contributed by atoms with E-state index in [4.69, 9.17) is 0 Å². The van der Waals surface area contributed by atoms with Crippen molar-refractivity contribution < 1.29 is 17.5 Å². The molecule has 1 aromatic heterocycles. The van der Waals surface area contributed by atoms with Crippen molar-refractivity contribution in [2.45, 2.75) is 38.0 Å². The van der Waals surface area contributed by atoms with Crippen molar-refractivity contribution in [1.29, 1.82) is 0 Å². The Hall–Kier alpha value is -1.98. The predicted molar refractivity (Wildman–Crippen MR) is 90.6 cm³/mol. The van der Waals surface area contributed by atoms with E-state index in [-0.39, 0.29) is 4.90 Å². The quantitative estimate of drug-likeness (QED) is 0.478. The molecule has 0 aliphatic heterocycles. The Morgan fingerprint density at radius 1 is 1.09 bits per heavy atom. The van der Waals surface area contributed by atoms with Crippen LogP contribution in [0.25, 0.3) is 6.20 Å². The molecule has 0 spiro atoms. The van der Waals surface area contributed by atoms with E-state index in [1.54, 1.807) is 12.1 Å². The van der Waals surface area contributed by atoms with Gasteiger partial charge in [0.2, 0.25) is 0 Å². The van der Waals surface area contributed by atoms with Crippen LogP contribution >= 0.6 is 0 Å². The molecular formula is C18H23NO3S. The second-order valence-corrected chi connectivity index (χ2v) is 6.50. The van der Waals surface area contributed by atoms with Crippen molar-refractivity contribution in [1.82, 2.24) is 0 Å². The molecule has 4 nitrogen and oxygen atoms in total. The summed E-state index contributed by atoms with van der Waals surface area (Å²) in [6.07, 6.45) is 12.1. The number of pyridine rings is 1. The second kappa shape index (κ2) is 9.92. The molecule has 5 heteroatoms. The van der Waals surface area contributed by atoms with Gasteiger partial charge in [-0.3, -0.25) is 0 Å². The van der Waals surface area contributed by atoms with Crippen molar-refractivity contribution in [3.8, 4) is 0 Å². The normalized spacial score (nSPS) is 11.1. The molecule has 0 saturated carbocycles. The summed E-state index contributed by atoms with van der Waals surface area (Å²) in [5.41, 5.74) is 0.928. The van der Waals surface area contributed by atoms with Gasteiger partial charge in [0.05, 0.1) is 4.90 Å². The Morgan fingerprint density at radius 3 is 2.22 bits per heavy atom. The van der Waals surface area contributed by atoms with Crippen LogP contribution in [0.15, 0.2) is 65.8 Å². The van der Waals surface area contributed by atoms with Gasteiger partial charge in [0, 0.05) is 12.1 Å². The van der Waals surface area contributed by atoms with Crippen LogP contribution in [0.1, 0.15) is 31.7 Å². The molecule has 0 aliphatic carbocycles. The van der Waals surface area contributed by atoms with Gasteiger partial charge in [-0.25, -0.2) is 8.42 Å². The summed E-state index contributed by atoms with van der Waals surface area (Å²) in [5, 5.41) is 0. The van der Waals surface area contributed by atoms with E-state index in [1.165, 1.54) is 31.4 Å². The molecule has 0 N–H and O–H groups in total. The highest BCUT2D eigenvalue weighted by molar-refractivity contribution is 7.85. The van der Waals surface area contributed by atoms with Crippen LogP contribution in [0.5, 0.6) is 0 Å². The van der Waals surface area contributed by atoms with Gasteiger partial charge < -0.3 is 4.55 Å². The standard InChI is InChI=1S/C11H16N.C7H8O3S/c1-2-3-4-6-9-12-10-7-5-8-11-12;1-6-2-4-7(5-3-6)11(8,9)10/h5-11H,2-4H2,1H3;2-5H,1H3,(H,8,9,10)/q+1;/p-1. The zero-order valence-electron chi connectivity index (χ0n) is 13.6. The summed E-state index contributed by atoms with van der Waals surface area (Å²) in [6.45, 7) is 4.03. The van der Waals surface area contributed by atoms with Crippen LogP contribution in [0.4, 0.5) is 0 Å². The van der Waals surface area contributed by atoms with Crippen LogP contribution in [-0.4, -0.2) is 13.0 Å². The third-order valence-corrected chi connectivity index (χ3v) is 3.90. The van der Waals surface area contributed by atoms with Gasteiger partial charge in [0.1, 0.15) is 10.1 Å². The van der Waals surface area contributed by atoms with Crippen LogP contribution < -0.4 is 4.57 Å². The lowest BCUT2D eigenvalue weighted by Crippen LogP contribution is -2.23. The number of hydrogen-bond acceptors (Lipinski definition) is 3. The smallest absolute Gasteiger partial charge is 0.174 e. The fourth-order valence-electron chi connectivity index (χ4n) is 1.73. The molecule has 0 bridgehead atoms. The summed E-state index contributed by atoms with van der Waals surface area (Å²) in [4.78, 5) is -0.178. The third kappa shape index (κ3) is 8.28. The third-order valence-electron chi connectivity index (χ3n) is 3.05. The Kier molecular flexibility index (Phi) is 8.22. The highest BCUT2D eigenvalue weighted by atomic mass is 32.2. The Labute approximate surface area is 138 Å². The lowest BCUT2D eigenvalue weighted by Gasteiger charge is -2.05. The molecule has 0 saturated heterocycles. The summed E-state index contributed by atoms with van der Waals surface area (Å²) in [7, 11) is -4.27. The molecule has 1 heterocycles. The minimum Gasteiger partial charge on any atom is -0.744 e. The molecule has 0 amide bonds. The van der Waals surface area contributed by atoms with Crippen LogP contribution in [0.2, 0.25) is 0 Å². The molecule has 2 aromatic rings. The number of benzene rings is 1. The highest BCUT2D eigenvalue weighted by Gasteiger charge is 1.97. The molecular weight excluding hydrogens is 310 g/mol. The number of aromatic nitrogens is 1. The predicted octanol–water partition coefficient (Wildman–Crippen LogP) is 3.53. The van der Waals surface area contributed by atoms with Gasteiger partial charge >= 0.3 is 0 Å². The Morgan fingerprint density at radius 2 is 1.70 bits per heavy atom.